The molecule has 0 amide bonds. The zero-order valence-electron chi connectivity index (χ0n) is 22.0. The minimum Gasteiger partial charge on any atom is -0.493 e. The van der Waals surface area contributed by atoms with E-state index in [2.05, 4.69) is 16.3 Å². The average molecular weight is 600 g/mol. The molecule has 1 atom stereocenters. The van der Waals surface area contributed by atoms with Crippen molar-refractivity contribution in [1.29, 1.82) is 5.26 Å². The third kappa shape index (κ3) is 5.37. The molecule has 0 saturated heterocycles. The number of hydrogen-bond acceptors (Lipinski definition) is 10. The van der Waals surface area contributed by atoms with Crippen molar-refractivity contribution in [1.82, 2.24) is 10.2 Å². The first-order valence-corrected chi connectivity index (χ1v) is 14.3. The number of alkyl halides is 3. The van der Waals surface area contributed by atoms with Gasteiger partial charge in [-0.05, 0) is 30.5 Å². The molecule has 0 spiro atoms. The number of anilines is 1. The summed E-state index contributed by atoms with van der Waals surface area (Å²) in [6.45, 7) is 0. The van der Waals surface area contributed by atoms with Gasteiger partial charge in [-0.25, -0.2) is 0 Å². The van der Waals surface area contributed by atoms with Crippen LogP contribution in [0.15, 0.2) is 69.5 Å². The molecule has 1 aromatic heterocycles. The highest BCUT2D eigenvalue weighted by Crippen LogP contribution is 2.50. The molecule has 13 heteroatoms. The Bertz CT molecular complexity index is 1610. The van der Waals surface area contributed by atoms with Crippen LogP contribution in [-0.2, 0) is 16.7 Å². The molecule has 3 aromatic rings. The van der Waals surface area contributed by atoms with Crippen LogP contribution >= 0.6 is 23.1 Å². The Hall–Kier alpha value is -4.02. The zero-order valence-corrected chi connectivity index (χ0v) is 23.6. The predicted molar refractivity (Wildman–Crippen MR) is 148 cm³/mol. The number of benzene rings is 2. The van der Waals surface area contributed by atoms with Crippen LogP contribution in [0.5, 0.6) is 11.5 Å². The first kappa shape index (κ1) is 28.5. The Morgan fingerprint density at radius 2 is 1.95 bits per heavy atom. The van der Waals surface area contributed by atoms with E-state index in [0.29, 0.717) is 62.6 Å². The number of para-hydroxylation sites is 1. The molecule has 2 aromatic carbocycles. The fourth-order valence-electron chi connectivity index (χ4n) is 5.09. The third-order valence-corrected chi connectivity index (χ3v) is 8.97. The van der Waals surface area contributed by atoms with Crippen molar-refractivity contribution in [3.8, 4) is 17.6 Å². The fourth-order valence-corrected chi connectivity index (χ4v) is 6.91. The Labute approximate surface area is 242 Å². The lowest BCUT2D eigenvalue weighted by molar-refractivity contribution is -0.137. The first-order chi connectivity index (χ1) is 19.7. The topological polar surface area (TPSA) is 114 Å². The number of ketones is 1. The fraction of sp³-hybridized carbons (Fsp3) is 0.286. The molecule has 0 fully saturated rings. The molecule has 8 nitrogen and oxygen atoms in total. The summed E-state index contributed by atoms with van der Waals surface area (Å²) < 4.78 is 50.9. The average Bonchev–Trinajstić information content (AvgIpc) is 3.43. The van der Waals surface area contributed by atoms with Crippen molar-refractivity contribution in [3.63, 3.8) is 0 Å². The van der Waals surface area contributed by atoms with Gasteiger partial charge in [-0.1, -0.05) is 53.4 Å². The number of nitrogens with zero attached hydrogens (tertiary/aromatic N) is 4. The van der Waals surface area contributed by atoms with Crippen LogP contribution in [-0.4, -0.2) is 30.2 Å². The number of carbonyl (C=O) groups is 1. The summed E-state index contributed by atoms with van der Waals surface area (Å²) in [5, 5.41) is 19.1. The molecular formula is C28H24F3N5O3S2. The second kappa shape index (κ2) is 11.5. The van der Waals surface area contributed by atoms with Crippen molar-refractivity contribution >= 4 is 34.0 Å². The van der Waals surface area contributed by atoms with Gasteiger partial charge in [0.15, 0.2) is 21.6 Å². The number of hydrogen-bond donors (Lipinski definition) is 1. The molecule has 0 bridgehead atoms. The summed E-state index contributed by atoms with van der Waals surface area (Å²) in [6.07, 6.45) is -2.98. The number of halogens is 3. The van der Waals surface area contributed by atoms with E-state index in [-0.39, 0.29) is 22.9 Å². The van der Waals surface area contributed by atoms with E-state index in [1.807, 2.05) is 0 Å². The molecule has 2 heterocycles. The van der Waals surface area contributed by atoms with Gasteiger partial charge in [-0.2, -0.15) is 18.4 Å². The number of Topliss-reactive ketones (excluding diaryl/α,β-unsaturated/α-hetero) is 1. The van der Waals surface area contributed by atoms with Gasteiger partial charge in [0.2, 0.25) is 5.13 Å². The zero-order chi connectivity index (χ0) is 29.3. The lowest BCUT2D eigenvalue weighted by Gasteiger charge is -2.38. The standard InChI is InChI=1S/C28H24F3N5O3S2/c1-38-21-11-4-8-17(24(21)39-2)22-18(13-32)25(33)36(19-9-5-10-20(37)23(19)22)26-34-35-27(41-26)40-14-15-6-3-7-16(12-15)28(29,30)31/h3-4,6-8,11-12,22H,5,9-10,14,33H2,1-2H3/t22-/m0/s1. The Morgan fingerprint density at radius 3 is 2.66 bits per heavy atom. The summed E-state index contributed by atoms with van der Waals surface area (Å²) in [6, 6.07) is 12.6. The molecule has 0 radical (unpaired) electrons. The number of thioether (sulfide) groups is 1. The van der Waals surface area contributed by atoms with E-state index >= 15 is 0 Å². The largest absolute Gasteiger partial charge is 0.493 e. The van der Waals surface area contributed by atoms with Gasteiger partial charge in [-0.3, -0.25) is 9.69 Å². The predicted octanol–water partition coefficient (Wildman–Crippen LogP) is 6.17. The Kier molecular flexibility index (Phi) is 7.97. The van der Waals surface area contributed by atoms with Gasteiger partial charge in [-0.15, -0.1) is 10.2 Å². The van der Waals surface area contributed by atoms with E-state index in [1.165, 1.54) is 43.4 Å². The van der Waals surface area contributed by atoms with Crippen LogP contribution < -0.4 is 20.1 Å². The van der Waals surface area contributed by atoms with Crippen LogP contribution in [0.2, 0.25) is 0 Å². The highest BCUT2D eigenvalue weighted by Gasteiger charge is 2.42. The van der Waals surface area contributed by atoms with Crippen LogP contribution in [0.3, 0.4) is 0 Å². The summed E-state index contributed by atoms with van der Waals surface area (Å²) in [7, 11) is 3.00. The molecule has 5 rings (SSSR count). The van der Waals surface area contributed by atoms with E-state index in [9.17, 15) is 23.2 Å². The number of ether oxygens (including phenoxy) is 2. The molecule has 212 valence electrons. The van der Waals surface area contributed by atoms with E-state index in [4.69, 9.17) is 15.2 Å². The number of methoxy groups -OCH3 is 2. The lowest BCUT2D eigenvalue weighted by Crippen LogP contribution is -2.38. The third-order valence-electron chi connectivity index (χ3n) is 6.86. The van der Waals surface area contributed by atoms with Crippen molar-refractivity contribution in [2.24, 2.45) is 5.73 Å². The molecular weight excluding hydrogens is 575 g/mol. The van der Waals surface area contributed by atoms with Crippen LogP contribution in [0.1, 0.15) is 41.9 Å². The van der Waals surface area contributed by atoms with Crippen molar-refractivity contribution in [2.45, 2.75) is 41.4 Å². The van der Waals surface area contributed by atoms with Crippen LogP contribution in [0, 0.1) is 11.3 Å². The second-order valence-corrected chi connectivity index (χ2v) is 11.4. The highest BCUT2D eigenvalue weighted by molar-refractivity contribution is 8.00. The minimum absolute atomic E-state index is 0.102. The van der Waals surface area contributed by atoms with Crippen molar-refractivity contribution < 1.29 is 27.4 Å². The maximum atomic E-state index is 13.4. The van der Waals surface area contributed by atoms with Crippen LogP contribution in [0.4, 0.5) is 18.3 Å². The number of aromatic nitrogens is 2. The highest BCUT2D eigenvalue weighted by atomic mass is 32.2. The van der Waals surface area contributed by atoms with E-state index < -0.39 is 17.7 Å². The van der Waals surface area contributed by atoms with Gasteiger partial charge in [0.25, 0.3) is 0 Å². The number of carbonyl (C=O) groups excluding carboxylic acids is 1. The smallest absolute Gasteiger partial charge is 0.416 e. The molecule has 2 N–H and O–H groups in total. The summed E-state index contributed by atoms with van der Waals surface area (Å²) in [4.78, 5) is 15.0. The van der Waals surface area contributed by atoms with Gasteiger partial charge in [0.1, 0.15) is 5.82 Å². The normalized spacial score (nSPS) is 17.4. The van der Waals surface area contributed by atoms with Gasteiger partial charge in [0, 0.05) is 29.0 Å². The van der Waals surface area contributed by atoms with E-state index in [0.717, 1.165) is 12.1 Å². The van der Waals surface area contributed by atoms with Crippen LogP contribution in [0.25, 0.3) is 0 Å². The van der Waals surface area contributed by atoms with E-state index in [1.54, 1.807) is 29.2 Å². The quantitative estimate of drug-likeness (QED) is 0.318. The van der Waals surface area contributed by atoms with Crippen molar-refractivity contribution in [3.05, 3.63) is 81.8 Å². The SMILES string of the molecule is COc1cccc([C@H]2C(C#N)=C(N)N(c3nnc(SCc4cccc(C(F)(F)F)c4)s3)C3=C2C(=O)CCC3)c1OC. The summed E-state index contributed by atoms with van der Waals surface area (Å²) >= 11 is 2.42. The Morgan fingerprint density at radius 1 is 1.17 bits per heavy atom. The molecule has 2 aliphatic rings. The van der Waals surface area contributed by atoms with Gasteiger partial charge >= 0.3 is 6.18 Å². The first-order valence-electron chi connectivity index (χ1n) is 12.5. The number of allylic oxidation sites excluding steroid dienone is 3. The molecule has 0 unspecified atom stereocenters. The van der Waals surface area contributed by atoms with Crippen molar-refractivity contribution in [2.75, 3.05) is 19.1 Å². The molecule has 0 saturated carbocycles. The maximum absolute atomic E-state index is 13.4. The maximum Gasteiger partial charge on any atom is 0.416 e. The number of nitriles is 1. The summed E-state index contributed by atoms with van der Waals surface area (Å²) in [5.74, 6) is 0.379. The number of rotatable bonds is 7. The lowest BCUT2D eigenvalue weighted by atomic mass is 9.75. The van der Waals surface area contributed by atoms with Gasteiger partial charge < -0.3 is 15.2 Å². The molecule has 41 heavy (non-hydrogen) atoms. The molecule has 1 aliphatic carbocycles. The Balaban J connectivity index is 1.52. The number of nitrogens with two attached hydrogens (primary N) is 1. The monoisotopic (exact) mass is 599 g/mol. The van der Waals surface area contributed by atoms with Gasteiger partial charge in [0.05, 0.1) is 37.3 Å². The summed E-state index contributed by atoms with van der Waals surface area (Å²) in [5.41, 5.74) is 8.24. The molecule has 1 aliphatic heterocycles. The second-order valence-electron chi connectivity index (χ2n) is 9.24. The minimum atomic E-state index is -4.43.